The van der Waals surface area contributed by atoms with Crippen LogP contribution in [0.1, 0.15) is 16.9 Å². The number of benzene rings is 7. The standard InChI is InChI=1S/C28H19N3S.C21H14N2O2/c1-18-15-16-23-22(17-18)25-21(13-8-14-24(25)32-23)28-30-26(19-9-4-2-5-10-19)29-27(31-28)20-11-6-3-7-12-20;22-19(21-20(23)14-6-2-4-8-17(14)25-21)12-9-10-18-15(11-12)13-5-1-3-7-16(13)24-18/h2-17H,1H3;1-11,22H,23H2. The number of nitrogens with one attached hydrogen (secondary N) is 1. The van der Waals surface area contributed by atoms with Gasteiger partial charge in [0.25, 0.3) is 0 Å². The van der Waals surface area contributed by atoms with Gasteiger partial charge < -0.3 is 14.6 Å². The van der Waals surface area contributed by atoms with E-state index in [0.29, 0.717) is 34.5 Å². The van der Waals surface area contributed by atoms with Crippen LogP contribution in [-0.2, 0) is 0 Å². The number of anilines is 1. The van der Waals surface area contributed by atoms with Crippen LogP contribution in [0.3, 0.4) is 0 Å². The summed E-state index contributed by atoms with van der Waals surface area (Å²) in [6, 6.07) is 54.4. The summed E-state index contributed by atoms with van der Waals surface area (Å²) in [4.78, 5) is 14.7. The third-order valence-corrected chi connectivity index (χ3v) is 11.3. The number of nitrogen functional groups attached to an aromatic ring is 1. The molecule has 0 atom stereocenters. The van der Waals surface area contributed by atoms with Crippen LogP contribution in [0.2, 0.25) is 0 Å². The minimum absolute atomic E-state index is 0.265. The van der Waals surface area contributed by atoms with Gasteiger partial charge in [-0.15, -0.1) is 11.3 Å². The predicted octanol–water partition coefficient (Wildman–Crippen LogP) is 12.9. The third kappa shape index (κ3) is 6.18. The van der Waals surface area contributed by atoms with Crippen molar-refractivity contribution in [2.75, 3.05) is 5.73 Å². The highest BCUT2D eigenvalue weighted by Crippen LogP contribution is 2.40. The van der Waals surface area contributed by atoms with Crippen molar-refractivity contribution in [2.45, 2.75) is 6.92 Å². The van der Waals surface area contributed by atoms with Crippen LogP contribution in [0.4, 0.5) is 5.69 Å². The average Bonchev–Trinajstić information content (AvgIpc) is 3.94. The van der Waals surface area contributed by atoms with Crippen molar-refractivity contribution in [3.05, 3.63) is 181 Å². The second kappa shape index (κ2) is 14.0. The average molecular weight is 756 g/mol. The summed E-state index contributed by atoms with van der Waals surface area (Å²) in [6.07, 6.45) is 0. The number of aromatic nitrogens is 3. The van der Waals surface area contributed by atoms with E-state index in [2.05, 4.69) is 43.3 Å². The zero-order valence-corrected chi connectivity index (χ0v) is 31.5. The molecule has 7 nitrogen and oxygen atoms in total. The molecule has 272 valence electrons. The number of aryl methyl sites for hydroxylation is 1. The lowest BCUT2D eigenvalue weighted by atomic mass is 10.0. The van der Waals surface area contributed by atoms with Gasteiger partial charge in [-0.25, -0.2) is 15.0 Å². The largest absolute Gasteiger partial charge is 0.456 e. The van der Waals surface area contributed by atoms with Crippen LogP contribution >= 0.6 is 11.3 Å². The van der Waals surface area contributed by atoms with E-state index in [1.54, 1.807) is 0 Å². The molecular formula is C49H33N5O2S. The van der Waals surface area contributed by atoms with Gasteiger partial charge >= 0.3 is 0 Å². The Kier molecular flexibility index (Phi) is 8.38. The molecule has 0 unspecified atom stereocenters. The van der Waals surface area contributed by atoms with Crippen LogP contribution in [0, 0.1) is 12.3 Å². The van der Waals surface area contributed by atoms with Crippen LogP contribution in [0.15, 0.2) is 173 Å². The molecule has 0 fully saturated rings. The number of furan rings is 2. The van der Waals surface area contributed by atoms with Gasteiger partial charge in [0, 0.05) is 58.6 Å². The number of thiophene rings is 1. The van der Waals surface area contributed by atoms with Crippen LogP contribution in [-0.4, -0.2) is 20.7 Å². The lowest BCUT2D eigenvalue weighted by Crippen LogP contribution is -2.02. The highest BCUT2D eigenvalue weighted by molar-refractivity contribution is 7.25. The molecular weight excluding hydrogens is 723 g/mol. The van der Waals surface area contributed by atoms with E-state index in [1.807, 2.05) is 139 Å². The van der Waals surface area contributed by atoms with Crippen molar-refractivity contribution in [2.24, 2.45) is 0 Å². The second-order valence-corrected chi connectivity index (χ2v) is 14.9. The van der Waals surface area contributed by atoms with Crippen LogP contribution < -0.4 is 5.73 Å². The smallest absolute Gasteiger partial charge is 0.176 e. The Bertz CT molecular complexity index is 3240. The molecule has 8 heteroatoms. The summed E-state index contributed by atoms with van der Waals surface area (Å²) in [7, 11) is 0. The number of fused-ring (bicyclic) bond motifs is 7. The normalized spacial score (nSPS) is 11.4. The molecule has 0 aliphatic carbocycles. The first-order chi connectivity index (χ1) is 28.0. The summed E-state index contributed by atoms with van der Waals surface area (Å²) < 4.78 is 14.2. The number of hydrogen-bond donors (Lipinski definition) is 2. The Labute approximate surface area is 331 Å². The molecule has 57 heavy (non-hydrogen) atoms. The van der Waals surface area contributed by atoms with Gasteiger partial charge in [0.2, 0.25) is 0 Å². The van der Waals surface area contributed by atoms with Gasteiger partial charge in [-0.05, 0) is 61.5 Å². The van der Waals surface area contributed by atoms with Gasteiger partial charge in [-0.3, -0.25) is 5.41 Å². The van der Waals surface area contributed by atoms with Gasteiger partial charge in [-0.2, -0.15) is 0 Å². The van der Waals surface area contributed by atoms with Crippen molar-refractivity contribution in [3.8, 4) is 34.2 Å². The SMILES string of the molecule is Cc1ccc2sc3cccc(-c4nc(-c5ccccc5)nc(-c5ccccc5)n4)c3c2c1.N=C(c1ccc2oc3ccccc3c2c1)c1oc2ccccc2c1N. The first-order valence-corrected chi connectivity index (χ1v) is 19.4. The quantitative estimate of drug-likeness (QED) is 0.169. The fraction of sp³-hybridized carbons (Fsp3) is 0.0204. The molecule has 0 aliphatic heterocycles. The number of nitrogens with two attached hydrogens (primary N) is 1. The topological polar surface area (TPSA) is 115 Å². The van der Waals surface area contributed by atoms with E-state index < -0.39 is 0 Å². The number of para-hydroxylation sites is 2. The van der Waals surface area contributed by atoms with Gasteiger partial charge in [-0.1, -0.05) is 115 Å². The monoisotopic (exact) mass is 755 g/mol. The van der Waals surface area contributed by atoms with Crippen LogP contribution in [0.5, 0.6) is 0 Å². The summed E-state index contributed by atoms with van der Waals surface area (Å²) in [5, 5.41) is 13.9. The Hall–Kier alpha value is -7.42. The van der Waals surface area contributed by atoms with Crippen molar-refractivity contribution in [1.82, 2.24) is 15.0 Å². The molecule has 0 radical (unpaired) electrons. The zero-order chi connectivity index (χ0) is 38.5. The molecule has 11 aromatic rings. The van der Waals surface area contributed by atoms with Gasteiger partial charge in [0.05, 0.1) is 5.69 Å². The Morgan fingerprint density at radius 1 is 0.526 bits per heavy atom. The number of nitrogens with zero attached hydrogens (tertiary/aromatic N) is 3. The molecule has 0 aliphatic rings. The molecule has 0 bridgehead atoms. The highest BCUT2D eigenvalue weighted by Gasteiger charge is 2.19. The lowest BCUT2D eigenvalue weighted by Gasteiger charge is -2.09. The third-order valence-electron chi connectivity index (χ3n) is 10.1. The Morgan fingerprint density at radius 2 is 1.14 bits per heavy atom. The molecule has 0 amide bonds. The molecule has 0 spiro atoms. The fourth-order valence-electron chi connectivity index (χ4n) is 7.32. The van der Waals surface area contributed by atoms with E-state index in [4.69, 9.17) is 34.9 Å². The molecule has 4 heterocycles. The van der Waals surface area contributed by atoms with Crippen molar-refractivity contribution in [1.29, 1.82) is 5.41 Å². The van der Waals surface area contributed by atoms with Gasteiger partial charge in [0.15, 0.2) is 23.2 Å². The molecule has 0 saturated heterocycles. The Balaban J connectivity index is 0.000000143. The van der Waals surface area contributed by atoms with Crippen molar-refractivity contribution >= 4 is 75.8 Å². The summed E-state index contributed by atoms with van der Waals surface area (Å²) in [5.41, 5.74) is 14.3. The number of rotatable bonds is 5. The maximum absolute atomic E-state index is 8.58. The molecule has 11 rings (SSSR count). The van der Waals surface area contributed by atoms with E-state index in [9.17, 15) is 0 Å². The van der Waals surface area contributed by atoms with Crippen LogP contribution in [0.25, 0.3) is 87.2 Å². The van der Waals surface area contributed by atoms with Crippen molar-refractivity contribution in [3.63, 3.8) is 0 Å². The molecule has 4 aromatic heterocycles. The summed E-state index contributed by atoms with van der Waals surface area (Å²) in [5.74, 6) is 2.46. The first kappa shape index (κ1) is 34.1. The minimum atomic E-state index is 0.265. The predicted molar refractivity (Wildman–Crippen MR) is 234 cm³/mol. The van der Waals surface area contributed by atoms with E-state index >= 15 is 0 Å². The van der Waals surface area contributed by atoms with E-state index in [-0.39, 0.29) is 5.71 Å². The number of hydrogen-bond acceptors (Lipinski definition) is 8. The summed E-state index contributed by atoms with van der Waals surface area (Å²) >= 11 is 1.81. The van der Waals surface area contributed by atoms with E-state index in [0.717, 1.165) is 49.6 Å². The maximum Gasteiger partial charge on any atom is 0.176 e. The lowest BCUT2D eigenvalue weighted by molar-refractivity contribution is 0.606. The highest BCUT2D eigenvalue weighted by atomic mass is 32.1. The maximum atomic E-state index is 8.58. The minimum Gasteiger partial charge on any atom is -0.456 e. The van der Waals surface area contributed by atoms with E-state index in [1.165, 1.54) is 25.7 Å². The van der Waals surface area contributed by atoms with Gasteiger partial charge in [0.1, 0.15) is 22.5 Å². The molecule has 0 saturated carbocycles. The first-order valence-electron chi connectivity index (χ1n) is 18.6. The summed E-state index contributed by atoms with van der Waals surface area (Å²) in [6.45, 7) is 2.13. The zero-order valence-electron chi connectivity index (χ0n) is 30.7. The molecule has 7 aromatic carbocycles. The Morgan fingerprint density at radius 3 is 1.84 bits per heavy atom. The van der Waals surface area contributed by atoms with Crippen molar-refractivity contribution < 1.29 is 8.83 Å². The fourth-order valence-corrected chi connectivity index (χ4v) is 8.43. The second-order valence-electron chi connectivity index (χ2n) is 13.8. The molecule has 3 N–H and O–H groups in total.